The minimum absolute atomic E-state index is 0.338. The van der Waals surface area contributed by atoms with E-state index in [4.69, 9.17) is 5.73 Å². The fourth-order valence-corrected chi connectivity index (χ4v) is 2.29. The SMILES string of the molecule is CCCC(N)C1CN(C)CCCN1C. The number of nitrogens with two attached hydrogens (primary N) is 1. The highest BCUT2D eigenvalue weighted by Gasteiger charge is 2.25. The Bertz CT molecular complexity index is 161. The Kier molecular flexibility index (Phi) is 4.85. The summed E-state index contributed by atoms with van der Waals surface area (Å²) < 4.78 is 0. The standard InChI is InChI=1S/C11H25N3/c1-4-6-10(12)11-9-13(2)7-5-8-14(11)3/h10-11H,4-9,12H2,1-3H3. The summed E-state index contributed by atoms with van der Waals surface area (Å²) in [7, 11) is 4.41. The van der Waals surface area contributed by atoms with E-state index >= 15 is 0 Å². The molecule has 0 amide bonds. The molecular weight excluding hydrogens is 174 g/mol. The van der Waals surface area contributed by atoms with Gasteiger partial charge in [0.1, 0.15) is 0 Å². The molecule has 2 atom stereocenters. The summed E-state index contributed by atoms with van der Waals surface area (Å²) in [6.07, 6.45) is 3.60. The summed E-state index contributed by atoms with van der Waals surface area (Å²) in [5.41, 5.74) is 6.21. The van der Waals surface area contributed by atoms with E-state index in [1.54, 1.807) is 0 Å². The van der Waals surface area contributed by atoms with Crippen molar-refractivity contribution in [2.24, 2.45) is 5.73 Å². The average molecular weight is 199 g/mol. The maximum Gasteiger partial charge on any atom is 0.0371 e. The minimum Gasteiger partial charge on any atom is -0.326 e. The van der Waals surface area contributed by atoms with E-state index in [2.05, 4.69) is 30.8 Å². The van der Waals surface area contributed by atoms with Crippen molar-refractivity contribution in [2.45, 2.75) is 38.3 Å². The van der Waals surface area contributed by atoms with Crippen molar-refractivity contribution in [3.05, 3.63) is 0 Å². The van der Waals surface area contributed by atoms with Gasteiger partial charge in [0, 0.05) is 18.6 Å². The van der Waals surface area contributed by atoms with Gasteiger partial charge in [-0.2, -0.15) is 0 Å². The fraction of sp³-hybridized carbons (Fsp3) is 1.00. The van der Waals surface area contributed by atoms with Crippen LogP contribution in [0.5, 0.6) is 0 Å². The molecular formula is C11H25N3. The molecule has 1 fully saturated rings. The molecule has 2 N–H and O–H groups in total. The molecule has 84 valence electrons. The molecule has 2 unspecified atom stereocenters. The zero-order chi connectivity index (χ0) is 10.6. The number of nitrogens with zero attached hydrogens (tertiary/aromatic N) is 2. The smallest absolute Gasteiger partial charge is 0.0371 e. The van der Waals surface area contributed by atoms with Crippen molar-refractivity contribution in [3.63, 3.8) is 0 Å². The first kappa shape index (κ1) is 12.0. The lowest BCUT2D eigenvalue weighted by molar-refractivity contribution is 0.191. The van der Waals surface area contributed by atoms with E-state index in [0.29, 0.717) is 12.1 Å². The largest absolute Gasteiger partial charge is 0.326 e. The van der Waals surface area contributed by atoms with Crippen LogP contribution in [0.2, 0.25) is 0 Å². The van der Waals surface area contributed by atoms with Gasteiger partial charge in [-0.25, -0.2) is 0 Å². The lowest BCUT2D eigenvalue weighted by atomic mass is 10.0. The molecule has 3 nitrogen and oxygen atoms in total. The molecule has 0 bridgehead atoms. The van der Waals surface area contributed by atoms with Gasteiger partial charge in [0.25, 0.3) is 0 Å². The Labute approximate surface area is 88.2 Å². The molecule has 0 aromatic carbocycles. The van der Waals surface area contributed by atoms with Gasteiger partial charge in [-0.3, -0.25) is 0 Å². The van der Waals surface area contributed by atoms with Gasteiger partial charge in [0.2, 0.25) is 0 Å². The fourth-order valence-electron chi connectivity index (χ4n) is 2.29. The lowest BCUT2D eigenvalue weighted by Crippen LogP contribution is -2.50. The predicted octanol–water partition coefficient (Wildman–Crippen LogP) is 0.750. The summed E-state index contributed by atoms with van der Waals surface area (Å²) in [4.78, 5) is 4.84. The number of hydrogen-bond acceptors (Lipinski definition) is 3. The molecule has 0 saturated carbocycles. The molecule has 0 aromatic rings. The molecule has 0 aliphatic carbocycles. The van der Waals surface area contributed by atoms with Crippen LogP contribution >= 0.6 is 0 Å². The van der Waals surface area contributed by atoms with Crippen molar-refractivity contribution >= 4 is 0 Å². The minimum atomic E-state index is 0.338. The van der Waals surface area contributed by atoms with E-state index in [-0.39, 0.29) is 0 Å². The lowest BCUT2D eigenvalue weighted by Gasteiger charge is -2.32. The highest BCUT2D eigenvalue weighted by Crippen LogP contribution is 2.12. The van der Waals surface area contributed by atoms with Crippen LogP contribution < -0.4 is 5.73 Å². The van der Waals surface area contributed by atoms with E-state index in [9.17, 15) is 0 Å². The highest BCUT2D eigenvalue weighted by atomic mass is 15.2. The molecule has 1 heterocycles. The van der Waals surface area contributed by atoms with Crippen LogP contribution in [0.25, 0.3) is 0 Å². The van der Waals surface area contributed by atoms with Crippen LogP contribution in [-0.4, -0.2) is 55.6 Å². The van der Waals surface area contributed by atoms with Gasteiger partial charge in [-0.15, -0.1) is 0 Å². The van der Waals surface area contributed by atoms with Crippen LogP contribution in [0.15, 0.2) is 0 Å². The Morgan fingerprint density at radius 3 is 2.71 bits per heavy atom. The van der Waals surface area contributed by atoms with Crippen molar-refractivity contribution in [1.82, 2.24) is 9.80 Å². The average Bonchev–Trinajstić information content (AvgIpc) is 2.29. The number of hydrogen-bond donors (Lipinski definition) is 1. The first-order valence-corrected chi connectivity index (χ1v) is 5.79. The van der Waals surface area contributed by atoms with Gasteiger partial charge in [-0.1, -0.05) is 13.3 Å². The second kappa shape index (κ2) is 5.69. The maximum atomic E-state index is 6.21. The predicted molar refractivity (Wildman–Crippen MR) is 61.4 cm³/mol. The molecule has 3 heteroatoms. The van der Waals surface area contributed by atoms with Gasteiger partial charge < -0.3 is 15.5 Å². The van der Waals surface area contributed by atoms with Crippen molar-refractivity contribution in [3.8, 4) is 0 Å². The van der Waals surface area contributed by atoms with Gasteiger partial charge in [0.15, 0.2) is 0 Å². The normalized spacial score (nSPS) is 28.7. The second-order valence-electron chi connectivity index (χ2n) is 4.62. The summed E-state index contributed by atoms with van der Waals surface area (Å²) in [5.74, 6) is 0. The van der Waals surface area contributed by atoms with Gasteiger partial charge >= 0.3 is 0 Å². The number of likely N-dealkylation sites (N-methyl/N-ethyl adjacent to an activating group) is 2. The summed E-state index contributed by atoms with van der Waals surface area (Å²) in [6.45, 7) is 5.73. The van der Waals surface area contributed by atoms with Crippen LogP contribution in [0, 0.1) is 0 Å². The van der Waals surface area contributed by atoms with Crippen LogP contribution in [-0.2, 0) is 0 Å². The molecule has 1 aliphatic rings. The molecule has 1 rings (SSSR count). The third-order valence-corrected chi connectivity index (χ3v) is 3.23. The molecule has 1 saturated heterocycles. The molecule has 14 heavy (non-hydrogen) atoms. The Hall–Kier alpha value is -0.120. The number of rotatable bonds is 3. The molecule has 0 aromatic heterocycles. The monoisotopic (exact) mass is 199 g/mol. The summed E-state index contributed by atoms with van der Waals surface area (Å²) >= 11 is 0. The summed E-state index contributed by atoms with van der Waals surface area (Å²) in [6, 6.07) is 0.882. The Morgan fingerprint density at radius 2 is 2.07 bits per heavy atom. The Balaban J connectivity index is 2.52. The van der Waals surface area contributed by atoms with Crippen molar-refractivity contribution in [2.75, 3.05) is 33.7 Å². The zero-order valence-corrected chi connectivity index (χ0v) is 9.87. The summed E-state index contributed by atoms with van der Waals surface area (Å²) in [5, 5.41) is 0. The van der Waals surface area contributed by atoms with Gasteiger partial charge in [-0.05, 0) is 40.0 Å². The molecule has 0 spiro atoms. The quantitative estimate of drug-likeness (QED) is 0.728. The van der Waals surface area contributed by atoms with E-state index in [1.165, 1.54) is 25.9 Å². The third kappa shape index (κ3) is 3.23. The van der Waals surface area contributed by atoms with Crippen LogP contribution in [0.3, 0.4) is 0 Å². The van der Waals surface area contributed by atoms with Crippen LogP contribution in [0.1, 0.15) is 26.2 Å². The van der Waals surface area contributed by atoms with Crippen molar-refractivity contribution in [1.29, 1.82) is 0 Å². The van der Waals surface area contributed by atoms with Crippen molar-refractivity contribution < 1.29 is 0 Å². The molecule has 1 aliphatic heterocycles. The zero-order valence-electron chi connectivity index (χ0n) is 9.87. The highest BCUT2D eigenvalue weighted by molar-refractivity contribution is 4.85. The van der Waals surface area contributed by atoms with E-state index in [0.717, 1.165) is 13.0 Å². The first-order chi connectivity index (χ1) is 6.65. The van der Waals surface area contributed by atoms with Gasteiger partial charge in [0.05, 0.1) is 0 Å². The first-order valence-electron chi connectivity index (χ1n) is 5.79. The molecule has 0 radical (unpaired) electrons. The Morgan fingerprint density at radius 1 is 1.36 bits per heavy atom. The topological polar surface area (TPSA) is 32.5 Å². The van der Waals surface area contributed by atoms with Crippen LogP contribution in [0.4, 0.5) is 0 Å². The third-order valence-electron chi connectivity index (χ3n) is 3.23. The maximum absolute atomic E-state index is 6.21. The van der Waals surface area contributed by atoms with E-state index in [1.807, 2.05) is 0 Å². The second-order valence-corrected chi connectivity index (χ2v) is 4.62. The van der Waals surface area contributed by atoms with E-state index < -0.39 is 0 Å².